The second-order valence-electron chi connectivity index (χ2n) is 4.13. The van der Waals surface area contributed by atoms with E-state index in [9.17, 15) is 8.78 Å². The summed E-state index contributed by atoms with van der Waals surface area (Å²) in [5.41, 5.74) is 6.80. The van der Waals surface area contributed by atoms with Crippen LogP contribution in [0.5, 0.6) is 5.75 Å². The standard InChI is InChI=1S/C13H20F2N2O2/c1-2-7-19-12-8-10(3-4-11(12)16)17(5-6-18)9-13(14)15/h3-4,8,13,18H,2,5-7,9,16H2,1H3. The van der Waals surface area contributed by atoms with E-state index in [0.29, 0.717) is 23.7 Å². The molecule has 108 valence electrons. The summed E-state index contributed by atoms with van der Waals surface area (Å²) in [6.45, 7) is 2.00. The van der Waals surface area contributed by atoms with Crippen molar-refractivity contribution in [2.24, 2.45) is 0 Å². The lowest BCUT2D eigenvalue weighted by molar-refractivity contribution is 0.153. The molecule has 0 fully saturated rings. The number of nitrogen functional groups attached to an aromatic ring is 1. The largest absolute Gasteiger partial charge is 0.491 e. The molecular formula is C13H20F2N2O2. The van der Waals surface area contributed by atoms with E-state index in [0.717, 1.165) is 6.42 Å². The van der Waals surface area contributed by atoms with Gasteiger partial charge in [0, 0.05) is 18.3 Å². The van der Waals surface area contributed by atoms with E-state index in [1.165, 1.54) is 4.90 Å². The number of benzene rings is 1. The van der Waals surface area contributed by atoms with Crippen molar-refractivity contribution in [1.82, 2.24) is 0 Å². The molecule has 0 spiro atoms. The number of ether oxygens (including phenoxy) is 1. The molecule has 1 aromatic rings. The van der Waals surface area contributed by atoms with E-state index in [4.69, 9.17) is 15.6 Å². The zero-order valence-corrected chi connectivity index (χ0v) is 11.0. The average Bonchev–Trinajstić information content (AvgIpc) is 2.37. The zero-order valence-electron chi connectivity index (χ0n) is 11.0. The third kappa shape index (κ3) is 4.90. The number of rotatable bonds is 8. The Morgan fingerprint density at radius 3 is 2.74 bits per heavy atom. The molecule has 6 heteroatoms. The van der Waals surface area contributed by atoms with Crippen LogP contribution < -0.4 is 15.4 Å². The van der Waals surface area contributed by atoms with Gasteiger partial charge in [0.1, 0.15) is 5.75 Å². The zero-order chi connectivity index (χ0) is 14.3. The molecular weight excluding hydrogens is 254 g/mol. The number of hydrogen-bond acceptors (Lipinski definition) is 4. The summed E-state index contributed by atoms with van der Waals surface area (Å²) in [5.74, 6) is 0.483. The Morgan fingerprint density at radius 1 is 1.42 bits per heavy atom. The van der Waals surface area contributed by atoms with Crippen molar-refractivity contribution in [3.8, 4) is 5.75 Å². The molecule has 0 bridgehead atoms. The van der Waals surface area contributed by atoms with E-state index in [1.54, 1.807) is 18.2 Å². The van der Waals surface area contributed by atoms with E-state index in [2.05, 4.69) is 0 Å². The van der Waals surface area contributed by atoms with Gasteiger partial charge in [-0.25, -0.2) is 8.78 Å². The number of nitrogens with zero attached hydrogens (tertiary/aromatic N) is 1. The normalized spacial score (nSPS) is 10.8. The van der Waals surface area contributed by atoms with Crippen molar-refractivity contribution in [2.75, 3.05) is 36.9 Å². The summed E-state index contributed by atoms with van der Waals surface area (Å²) >= 11 is 0. The highest BCUT2D eigenvalue weighted by Crippen LogP contribution is 2.28. The van der Waals surface area contributed by atoms with Gasteiger partial charge in [0.2, 0.25) is 0 Å². The minimum Gasteiger partial charge on any atom is -0.491 e. The molecule has 0 aliphatic rings. The maximum atomic E-state index is 12.5. The highest BCUT2D eigenvalue weighted by Gasteiger charge is 2.14. The molecule has 0 aliphatic carbocycles. The monoisotopic (exact) mass is 274 g/mol. The first-order valence-corrected chi connectivity index (χ1v) is 6.24. The number of aliphatic hydroxyl groups excluding tert-OH is 1. The van der Waals surface area contributed by atoms with Gasteiger partial charge >= 0.3 is 0 Å². The number of nitrogens with two attached hydrogens (primary N) is 1. The van der Waals surface area contributed by atoms with Crippen molar-refractivity contribution < 1.29 is 18.6 Å². The Morgan fingerprint density at radius 2 is 2.16 bits per heavy atom. The Balaban J connectivity index is 2.89. The van der Waals surface area contributed by atoms with Crippen LogP contribution >= 0.6 is 0 Å². The fourth-order valence-corrected chi connectivity index (χ4v) is 1.67. The lowest BCUT2D eigenvalue weighted by atomic mass is 10.2. The van der Waals surface area contributed by atoms with Crippen LogP contribution in [0.15, 0.2) is 18.2 Å². The molecule has 0 unspecified atom stereocenters. The molecule has 0 saturated heterocycles. The molecule has 0 atom stereocenters. The lowest BCUT2D eigenvalue weighted by Crippen LogP contribution is -2.31. The maximum absolute atomic E-state index is 12.5. The molecule has 1 aromatic carbocycles. The minimum absolute atomic E-state index is 0.140. The number of halogens is 2. The summed E-state index contributed by atoms with van der Waals surface area (Å²) in [7, 11) is 0. The second kappa shape index (κ2) is 7.78. The van der Waals surface area contributed by atoms with Crippen LogP contribution in [0.25, 0.3) is 0 Å². The van der Waals surface area contributed by atoms with Gasteiger partial charge in [-0.3, -0.25) is 0 Å². The van der Waals surface area contributed by atoms with Crippen molar-refractivity contribution in [1.29, 1.82) is 0 Å². The van der Waals surface area contributed by atoms with Crippen molar-refractivity contribution >= 4 is 11.4 Å². The van der Waals surface area contributed by atoms with Gasteiger partial charge in [0.25, 0.3) is 6.43 Å². The van der Waals surface area contributed by atoms with E-state index in [1.807, 2.05) is 6.92 Å². The molecule has 4 nitrogen and oxygen atoms in total. The Kier molecular flexibility index (Phi) is 6.35. The minimum atomic E-state index is -2.47. The van der Waals surface area contributed by atoms with Crippen molar-refractivity contribution in [2.45, 2.75) is 19.8 Å². The third-order valence-corrected chi connectivity index (χ3v) is 2.55. The van der Waals surface area contributed by atoms with Gasteiger partial charge in [-0.1, -0.05) is 6.92 Å². The fourth-order valence-electron chi connectivity index (χ4n) is 1.67. The van der Waals surface area contributed by atoms with E-state index in [-0.39, 0.29) is 13.2 Å². The molecule has 0 radical (unpaired) electrons. The fraction of sp³-hybridized carbons (Fsp3) is 0.538. The summed E-state index contributed by atoms with van der Waals surface area (Å²) < 4.78 is 30.5. The van der Waals surface area contributed by atoms with E-state index < -0.39 is 13.0 Å². The van der Waals surface area contributed by atoms with Crippen LogP contribution in [0.3, 0.4) is 0 Å². The molecule has 3 N–H and O–H groups in total. The first-order valence-electron chi connectivity index (χ1n) is 6.24. The van der Waals surface area contributed by atoms with Crippen LogP contribution in [0.4, 0.5) is 20.2 Å². The number of alkyl halides is 2. The Hall–Kier alpha value is -1.56. The average molecular weight is 274 g/mol. The third-order valence-electron chi connectivity index (χ3n) is 2.55. The predicted octanol–water partition coefficient (Wildman–Crippen LogP) is 2.12. The SMILES string of the molecule is CCCOc1cc(N(CCO)CC(F)F)ccc1N. The summed E-state index contributed by atoms with van der Waals surface area (Å²) in [6.07, 6.45) is -1.63. The quantitative estimate of drug-likeness (QED) is 0.713. The molecule has 0 amide bonds. The highest BCUT2D eigenvalue weighted by atomic mass is 19.3. The predicted molar refractivity (Wildman–Crippen MR) is 71.9 cm³/mol. The highest BCUT2D eigenvalue weighted by molar-refractivity contribution is 5.62. The van der Waals surface area contributed by atoms with Crippen LogP contribution in [0.1, 0.15) is 13.3 Å². The number of aliphatic hydroxyl groups is 1. The van der Waals surface area contributed by atoms with Crippen LogP contribution in [0.2, 0.25) is 0 Å². The summed E-state index contributed by atoms with van der Waals surface area (Å²) in [6, 6.07) is 4.89. The van der Waals surface area contributed by atoms with Crippen LogP contribution in [0, 0.1) is 0 Å². The number of hydrogen-bond donors (Lipinski definition) is 2. The molecule has 19 heavy (non-hydrogen) atoms. The Labute approximate surface area is 111 Å². The van der Waals surface area contributed by atoms with Gasteiger partial charge in [-0.15, -0.1) is 0 Å². The van der Waals surface area contributed by atoms with Gasteiger partial charge in [-0.2, -0.15) is 0 Å². The van der Waals surface area contributed by atoms with Crippen LogP contribution in [-0.4, -0.2) is 37.8 Å². The molecule has 0 heterocycles. The first kappa shape index (κ1) is 15.5. The van der Waals surface area contributed by atoms with Crippen molar-refractivity contribution in [3.05, 3.63) is 18.2 Å². The molecule has 0 aromatic heterocycles. The summed E-state index contributed by atoms with van der Waals surface area (Å²) in [5, 5.41) is 8.93. The molecule has 0 aliphatic heterocycles. The first-order chi connectivity index (χ1) is 9.08. The maximum Gasteiger partial charge on any atom is 0.255 e. The Bertz CT molecular complexity index is 389. The molecule has 1 rings (SSSR count). The van der Waals surface area contributed by atoms with Gasteiger partial charge in [0.05, 0.1) is 25.4 Å². The van der Waals surface area contributed by atoms with E-state index >= 15 is 0 Å². The summed E-state index contributed by atoms with van der Waals surface area (Å²) in [4.78, 5) is 1.41. The second-order valence-corrected chi connectivity index (χ2v) is 4.13. The molecule has 0 saturated carbocycles. The van der Waals surface area contributed by atoms with Crippen LogP contribution in [-0.2, 0) is 0 Å². The smallest absolute Gasteiger partial charge is 0.255 e. The number of anilines is 2. The van der Waals surface area contributed by atoms with Crippen molar-refractivity contribution in [3.63, 3.8) is 0 Å². The van der Waals surface area contributed by atoms with Gasteiger partial charge in [0.15, 0.2) is 0 Å². The van der Waals surface area contributed by atoms with Gasteiger partial charge in [-0.05, 0) is 18.6 Å². The lowest BCUT2D eigenvalue weighted by Gasteiger charge is -2.24. The van der Waals surface area contributed by atoms with Gasteiger partial charge < -0.3 is 20.5 Å². The topological polar surface area (TPSA) is 58.7 Å².